The van der Waals surface area contributed by atoms with E-state index in [0.29, 0.717) is 5.56 Å². The smallest absolute Gasteiger partial charge is 0.408 e. The van der Waals surface area contributed by atoms with Gasteiger partial charge in [-0.05, 0) is 59.1 Å². The summed E-state index contributed by atoms with van der Waals surface area (Å²) in [5, 5.41) is 41.1. The number of hydrogen-bond donors (Lipinski definition) is 7. The van der Waals surface area contributed by atoms with Crippen molar-refractivity contribution in [1.82, 2.24) is 21.3 Å². The van der Waals surface area contributed by atoms with Gasteiger partial charge in [-0.3, -0.25) is 9.59 Å². The summed E-state index contributed by atoms with van der Waals surface area (Å²) in [6, 6.07) is 11.3. The SMILES string of the molecule is CC(C)(C)OC(=O)N[C@H](C(=O)NCCC(NC(=O)[C@@H](NC(=O)OC(C)(C)C)C(O)c1ccccc1)C(=O)O)C(O)c1ccccc1. The van der Waals surface area contributed by atoms with E-state index in [1.165, 1.54) is 12.1 Å². The molecule has 14 heteroatoms. The average molecular weight is 645 g/mol. The van der Waals surface area contributed by atoms with Crippen molar-refractivity contribution in [3.63, 3.8) is 0 Å². The zero-order valence-electron chi connectivity index (χ0n) is 26.8. The normalized spacial score (nSPS) is 14.8. The Morgan fingerprint density at radius 1 is 0.652 bits per heavy atom. The molecule has 0 spiro atoms. The monoisotopic (exact) mass is 644 g/mol. The first-order chi connectivity index (χ1) is 21.4. The number of carboxylic acid groups (broad SMARTS) is 1. The summed E-state index contributed by atoms with van der Waals surface area (Å²) in [4.78, 5) is 63.5. The molecule has 5 atom stereocenters. The Balaban J connectivity index is 2.17. The van der Waals surface area contributed by atoms with Crippen molar-refractivity contribution in [1.29, 1.82) is 0 Å². The number of alkyl carbamates (subject to hydrolysis) is 2. The summed E-state index contributed by atoms with van der Waals surface area (Å²) in [6.07, 6.45) is -5.36. The molecular weight excluding hydrogens is 600 g/mol. The quantitative estimate of drug-likeness (QED) is 0.169. The van der Waals surface area contributed by atoms with E-state index in [0.717, 1.165) is 0 Å². The first kappa shape index (κ1) is 37.5. The Kier molecular flexibility index (Phi) is 13.5. The highest BCUT2D eigenvalue weighted by Crippen LogP contribution is 2.19. The van der Waals surface area contributed by atoms with Gasteiger partial charge in [-0.2, -0.15) is 0 Å². The standard InChI is InChI=1S/C32H44N4O10/c1-31(2,3)45-29(43)35-22(24(37)19-13-9-7-10-14-19)26(39)33-18-17-21(28(41)42)34-27(40)23(36-30(44)46-32(4,5)6)25(38)20-15-11-8-12-16-20/h7-16,21-25,37-38H,17-18H2,1-6H3,(H,33,39)(H,34,40)(H,35,43)(H,36,44)(H,41,42)/t21?,22-,23-,24?,25?/m0/s1. The third-order valence-corrected chi connectivity index (χ3v) is 6.17. The maximum atomic E-state index is 13.3. The van der Waals surface area contributed by atoms with Crippen molar-refractivity contribution in [2.24, 2.45) is 0 Å². The van der Waals surface area contributed by atoms with Gasteiger partial charge in [0.05, 0.1) is 0 Å². The molecule has 0 saturated heterocycles. The number of carboxylic acids is 1. The number of aliphatic hydroxyl groups excluding tert-OH is 2. The summed E-state index contributed by atoms with van der Waals surface area (Å²) in [5.41, 5.74) is -1.21. The van der Waals surface area contributed by atoms with Gasteiger partial charge >= 0.3 is 18.2 Å². The Bertz CT molecular complexity index is 1330. The maximum Gasteiger partial charge on any atom is 0.408 e. The van der Waals surface area contributed by atoms with Crippen LogP contribution >= 0.6 is 0 Å². The van der Waals surface area contributed by atoms with Crippen LogP contribution in [0.2, 0.25) is 0 Å². The molecule has 0 bridgehead atoms. The van der Waals surface area contributed by atoms with Gasteiger partial charge in [0.2, 0.25) is 11.8 Å². The van der Waals surface area contributed by atoms with E-state index < -0.39 is 71.5 Å². The number of ether oxygens (including phenoxy) is 2. The molecule has 0 aliphatic carbocycles. The van der Waals surface area contributed by atoms with E-state index in [1.54, 1.807) is 90.1 Å². The third kappa shape index (κ3) is 12.7. The molecule has 252 valence electrons. The minimum atomic E-state index is -1.64. The number of amides is 4. The lowest BCUT2D eigenvalue weighted by Gasteiger charge is -2.28. The van der Waals surface area contributed by atoms with E-state index in [4.69, 9.17) is 9.47 Å². The molecule has 0 fully saturated rings. The van der Waals surface area contributed by atoms with Gasteiger partial charge in [-0.15, -0.1) is 0 Å². The van der Waals surface area contributed by atoms with Gasteiger partial charge in [0, 0.05) is 6.54 Å². The fourth-order valence-electron chi connectivity index (χ4n) is 4.10. The third-order valence-electron chi connectivity index (χ3n) is 6.17. The number of nitrogens with one attached hydrogen (secondary N) is 4. The van der Waals surface area contributed by atoms with Gasteiger partial charge in [0.1, 0.15) is 41.5 Å². The Morgan fingerprint density at radius 2 is 1.04 bits per heavy atom. The molecule has 0 aliphatic heterocycles. The van der Waals surface area contributed by atoms with Crippen LogP contribution in [0, 0.1) is 0 Å². The highest BCUT2D eigenvalue weighted by molar-refractivity contribution is 5.90. The zero-order chi connectivity index (χ0) is 34.7. The largest absolute Gasteiger partial charge is 0.480 e. The molecular formula is C32H44N4O10. The molecule has 0 aromatic heterocycles. The minimum absolute atomic E-state index is 0.276. The predicted molar refractivity (Wildman–Crippen MR) is 166 cm³/mol. The van der Waals surface area contributed by atoms with Crippen LogP contribution in [0.5, 0.6) is 0 Å². The van der Waals surface area contributed by atoms with Crippen LogP contribution in [0.4, 0.5) is 9.59 Å². The molecule has 2 rings (SSSR count). The molecule has 46 heavy (non-hydrogen) atoms. The van der Waals surface area contributed by atoms with E-state index in [2.05, 4.69) is 21.3 Å². The maximum absolute atomic E-state index is 13.3. The second kappa shape index (κ2) is 16.6. The van der Waals surface area contributed by atoms with E-state index >= 15 is 0 Å². The minimum Gasteiger partial charge on any atom is -0.480 e. The highest BCUT2D eigenvalue weighted by Gasteiger charge is 2.35. The fraction of sp³-hybridized carbons (Fsp3) is 0.469. The Labute approximate surface area is 267 Å². The van der Waals surface area contributed by atoms with Crippen molar-refractivity contribution in [3.8, 4) is 0 Å². The predicted octanol–water partition coefficient (Wildman–Crippen LogP) is 2.32. The van der Waals surface area contributed by atoms with Crippen LogP contribution in [0.15, 0.2) is 60.7 Å². The lowest BCUT2D eigenvalue weighted by molar-refractivity contribution is -0.143. The van der Waals surface area contributed by atoms with Crippen LogP contribution < -0.4 is 21.3 Å². The number of rotatable bonds is 13. The first-order valence-corrected chi connectivity index (χ1v) is 14.6. The molecule has 14 nitrogen and oxygen atoms in total. The molecule has 3 unspecified atom stereocenters. The molecule has 7 N–H and O–H groups in total. The summed E-state index contributed by atoms with van der Waals surface area (Å²) >= 11 is 0. The summed E-state index contributed by atoms with van der Waals surface area (Å²) < 4.78 is 10.4. The van der Waals surface area contributed by atoms with Crippen LogP contribution in [0.25, 0.3) is 0 Å². The lowest BCUT2D eigenvalue weighted by atomic mass is 10.0. The molecule has 0 heterocycles. The Morgan fingerprint density at radius 3 is 1.41 bits per heavy atom. The second-order valence-electron chi connectivity index (χ2n) is 12.4. The number of aliphatic carboxylic acids is 1. The van der Waals surface area contributed by atoms with Crippen molar-refractivity contribution in [2.75, 3.05) is 6.54 Å². The topological polar surface area (TPSA) is 213 Å². The second-order valence-corrected chi connectivity index (χ2v) is 12.4. The van der Waals surface area contributed by atoms with E-state index in [-0.39, 0.29) is 18.5 Å². The summed E-state index contributed by atoms with van der Waals surface area (Å²) in [6.45, 7) is 9.39. The number of carbonyl (C=O) groups excluding carboxylic acids is 4. The molecule has 2 aromatic carbocycles. The van der Waals surface area contributed by atoms with Gasteiger partial charge < -0.3 is 46.1 Å². The summed E-state index contributed by atoms with van der Waals surface area (Å²) in [7, 11) is 0. The molecule has 0 saturated carbocycles. The van der Waals surface area contributed by atoms with Crippen LogP contribution in [-0.2, 0) is 23.9 Å². The Hall–Kier alpha value is -4.69. The first-order valence-electron chi connectivity index (χ1n) is 14.6. The number of carbonyl (C=O) groups is 5. The van der Waals surface area contributed by atoms with Crippen LogP contribution in [-0.4, -0.2) is 81.2 Å². The van der Waals surface area contributed by atoms with Gasteiger partial charge in [0.15, 0.2) is 0 Å². The average Bonchev–Trinajstić information content (AvgIpc) is 2.96. The number of aliphatic hydroxyl groups is 2. The number of hydrogen-bond acceptors (Lipinski definition) is 9. The van der Waals surface area contributed by atoms with Crippen molar-refractivity contribution < 1.29 is 48.8 Å². The molecule has 2 aromatic rings. The van der Waals surface area contributed by atoms with E-state index in [1.807, 2.05) is 0 Å². The summed E-state index contributed by atoms with van der Waals surface area (Å²) in [5.74, 6) is -3.33. The van der Waals surface area contributed by atoms with Crippen LogP contribution in [0.1, 0.15) is 71.3 Å². The van der Waals surface area contributed by atoms with Crippen LogP contribution in [0.3, 0.4) is 0 Å². The molecule has 4 amide bonds. The number of benzene rings is 2. The molecule has 0 aliphatic rings. The van der Waals surface area contributed by atoms with Crippen molar-refractivity contribution in [2.45, 2.75) is 89.5 Å². The highest BCUT2D eigenvalue weighted by atomic mass is 16.6. The zero-order valence-corrected chi connectivity index (χ0v) is 26.8. The lowest BCUT2D eigenvalue weighted by Crippen LogP contribution is -2.55. The van der Waals surface area contributed by atoms with Gasteiger partial charge in [-0.25, -0.2) is 14.4 Å². The molecule has 0 radical (unpaired) electrons. The fourth-order valence-corrected chi connectivity index (χ4v) is 4.10. The van der Waals surface area contributed by atoms with Crippen molar-refractivity contribution >= 4 is 30.0 Å². The van der Waals surface area contributed by atoms with Crippen molar-refractivity contribution in [3.05, 3.63) is 71.8 Å². The van der Waals surface area contributed by atoms with Gasteiger partial charge in [-0.1, -0.05) is 60.7 Å². The van der Waals surface area contributed by atoms with E-state index in [9.17, 15) is 39.3 Å². The van der Waals surface area contributed by atoms with Gasteiger partial charge in [0.25, 0.3) is 0 Å².